The van der Waals surface area contributed by atoms with E-state index < -0.39 is 28.8 Å². The van der Waals surface area contributed by atoms with Crippen molar-refractivity contribution in [1.29, 1.82) is 0 Å². The van der Waals surface area contributed by atoms with Crippen LogP contribution in [0.4, 0.5) is 25.1 Å². The van der Waals surface area contributed by atoms with Crippen molar-refractivity contribution in [3.63, 3.8) is 0 Å². The molecule has 12 heteroatoms. The molecule has 2 heterocycles. The van der Waals surface area contributed by atoms with Gasteiger partial charge in [-0.05, 0) is 51.7 Å². The van der Waals surface area contributed by atoms with Crippen LogP contribution in [0.15, 0.2) is 67.3 Å². The topological polar surface area (TPSA) is 112 Å². The van der Waals surface area contributed by atoms with Crippen molar-refractivity contribution in [3.05, 3.63) is 89.6 Å². The van der Waals surface area contributed by atoms with E-state index in [0.717, 1.165) is 23.8 Å². The highest BCUT2D eigenvalue weighted by Gasteiger charge is 2.47. The van der Waals surface area contributed by atoms with Crippen LogP contribution in [0.2, 0.25) is 0 Å². The Labute approximate surface area is 243 Å². The second-order valence-electron chi connectivity index (χ2n) is 10.9. The molecular formula is C30H35F2N7O3. The fourth-order valence-electron chi connectivity index (χ4n) is 5.18. The molecule has 3 aromatic rings. The molecule has 222 valence electrons. The number of fused-ring (bicyclic) bond motifs is 1. The molecule has 0 saturated carbocycles. The van der Waals surface area contributed by atoms with Gasteiger partial charge in [0.25, 0.3) is 0 Å². The number of aromatic nitrogens is 2. The number of amides is 4. The van der Waals surface area contributed by atoms with Crippen LogP contribution in [0.5, 0.6) is 0 Å². The van der Waals surface area contributed by atoms with Crippen molar-refractivity contribution in [2.45, 2.75) is 37.9 Å². The number of urea groups is 1. The molecule has 0 fully saturated rings. The fraction of sp³-hybridized carbons (Fsp3) is 0.333. The van der Waals surface area contributed by atoms with E-state index in [1.165, 1.54) is 16.8 Å². The minimum atomic E-state index is -3.90. The predicted octanol–water partition coefficient (Wildman–Crippen LogP) is 4.34. The van der Waals surface area contributed by atoms with E-state index in [1.807, 2.05) is 63.2 Å². The van der Waals surface area contributed by atoms with Gasteiger partial charge in [-0.15, -0.1) is 0 Å². The number of nitrogens with zero attached hydrogens (tertiary/aromatic N) is 4. The van der Waals surface area contributed by atoms with Gasteiger partial charge in [-0.25, -0.2) is 4.79 Å². The Kier molecular flexibility index (Phi) is 8.48. The fourth-order valence-corrected chi connectivity index (χ4v) is 5.18. The molecule has 42 heavy (non-hydrogen) atoms. The van der Waals surface area contributed by atoms with Crippen molar-refractivity contribution in [2.24, 2.45) is 7.05 Å². The van der Waals surface area contributed by atoms with Crippen molar-refractivity contribution >= 4 is 29.4 Å². The molecule has 0 spiro atoms. The molecular weight excluding hydrogens is 544 g/mol. The van der Waals surface area contributed by atoms with Crippen molar-refractivity contribution in [1.82, 2.24) is 24.9 Å². The van der Waals surface area contributed by atoms with E-state index in [0.29, 0.717) is 17.8 Å². The van der Waals surface area contributed by atoms with Gasteiger partial charge in [0.1, 0.15) is 0 Å². The normalized spacial score (nSPS) is 14.7. The van der Waals surface area contributed by atoms with Gasteiger partial charge in [0.05, 0.1) is 23.8 Å². The molecule has 0 unspecified atom stereocenters. The van der Waals surface area contributed by atoms with Crippen LogP contribution in [0.25, 0.3) is 0 Å². The molecule has 0 radical (unpaired) electrons. The Morgan fingerprint density at radius 2 is 1.74 bits per heavy atom. The van der Waals surface area contributed by atoms with Gasteiger partial charge in [0, 0.05) is 30.4 Å². The third-order valence-corrected chi connectivity index (χ3v) is 7.23. The summed E-state index contributed by atoms with van der Waals surface area (Å²) in [5.41, 5.74) is 0.927. The number of benzene rings is 2. The molecule has 1 aromatic heterocycles. The van der Waals surface area contributed by atoms with Crippen molar-refractivity contribution in [3.8, 4) is 0 Å². The van der Waals surface area contributed by atoms with Gasteiger partial charge < -0.3 is 25.8 Å². The maximum atomic E-state index is 15.2. The zero-order valence-corrected chi connectivity index (χ0v) is 24.2. The first-order valence-electron chi connectivity index (χ1n) is 13.3. The Morgan fingerprint density at radius 3 is 2.33 bits per heavy atom. The summed E-state index contributed by atoms with van der Waals surface area (Å²) in [5, 5.41) is 12.2. The number of aryl methyl sites for hydroxylation is 1. The summed E-state index contributed by atoms with van der Waals surface area (Å²) in [7, 11) is 5.48. The highest BCUT2D eigenvalue weighted by molar-refractivity contribution is 5.99. The highest BCUT2D eigenvalue weighted by atomic mass is 19.3. The summed E-state index contributed by atoms with van der Waals surface area (Å²) in [4.78, 5) is 41.5. The number of hydrogen-bond acceptors (Lipinski definition) is 5. The van der Waals surface area contributed by atoms with Gasteiger partial charge in [0.2, 0.25) is 5.91 Å². The van der Waals surface area contributed by atoms with Crippen molar-refractivity contribution < 1.29 is 23.2 Å². The summed E-state index contributed by atoms with van der Waals surface area (Å²) in [6, 6.07) is 13.7. The lowest BCUT2D eigenvalue weighted by molar-refractivity contribution is -0.141. The third kappa shape index (κ3) is 6.03. The van der Waals surface area contributed by atoms with Crippen LogP contribution in [-0.4, -0.2) is 58.1 Å². The maximum Gasteiger partial charge on any atom is 0.350 e. The van der Waals surface area contributed by atoms with E-state index >= 15 is 8.78 Å². The van der Waals surface area contributed by atoms with E-state index in [1.54, 1.807) is 11.9 Å². The van der Waals surface area contributed by atoms with Crippen LogP contribution in [0.3, 0.4) is 0 Å². The number of anilines is 2. The zero-order chi connectivity index (χ0) is 30.8. The predicted molar refractivity (Wildman–Crippen MR) is 156 cm³/mol. The average Bonchev–Trinajstić information content (AvgIpc) is 3.41. The van der Waals surface area contributed by atoms with E-state index in [9.17, 15) is 14.4 Å². The SMILES string of the molecule is C=CC(=O)Nc1ccc(C(F)(F)C(=O)Nc2nn(C)c3c2CN(C(=O)N[C@H](CN(C)C)c2ccccc2)C3(C)C)cc1. The Morgan fingerprint density at radius 1 is 1.10 bits per heavy atom. The smallest absolute Gasteiger partial charge is 0.330 e. The van der Waals surface area contributed by atoms with Gasteiger partial charge >= 0.3 is 17.9 Å². The van der Waals surface area contributed by atoms with E-state index in [4.69, 9.17) is 0 Å². The summed E-state index contributed by atoms with van der Waals surface area (Å²) in [6.07, 6.45) is 1.05. The van der Waals surface area contributed by atoms with Gasteiger partial charge in [-0.2, -0.15) is 13.9 Å². The summed E-state index contributed by atoms with van der Waals surface area (Å²) in [5.74, 6) is -5.99. The summed E-state index contributed by atoms with van der Waals surface area (Å²) >= 11 is 0. The molecule has 0 saturated heterocycles. The molecule has 10 nitrogen and oxygen atoms in total. The molecule has 3 N–H and O–H groups in total. The van der Waals surface area contributed by atoms with Gasteiger partial charge in [-0.3, -0.25) is 14.3 Å². The first-order valence-corrected chi connectivity index (χ1v) is 13.3. The minimum absolute atomic E-state index is 0.0386. The number of carbonyl (C=O) groups excluding carboxylic acids is 3. The van der Waals surface area contributed by atoms with Gasteiger partial charge in [0.15, 0.2) is 5.82 Å². The number of alkyl halides is 2. The number of likely N-dealkylation sites (N-methyl/N-ethyl adjacent to an activating group) is 1. The average molecular weight is 580 g/mol. The first kappa shape index (κ1) is 30.4. The molecule has 2 aromatic carbocycles. The number of nitrogens with one attached hydrogen (secondary N) is 3. The zero-order valence-electron chi connectivity index (χ0n) is 24.2. The van der Waals surface area contributed by atoms with Gasteiger partial charge in [-0.1, -0.05) is 49.0 Å². The van der Waals surface area contributed by atoms with E-state index in [-0.39, 0.29) is 30.1 Å². The lowest BCUT2D eigenvalue weighted by Crippen LogP contribution is -2.49. The molecule has 0 bridgehead atoms. The Balaban J connectivity index is 1.53. The lowest BCUT2D eigenvalue weighted by atomic mass is 10.0. The number of rotatable bonds is 9. The van der Waals surface area contributed by atoms with Crippen LogP contribution in [-0.2, 0) is 34.6 Å². The first-order chi connectivity index (χ1) is 19.7. The summed E-state index contributed by atoms with van der Waals surface area (Å²) in [6.45, 7) is 7.66. The quantitative estimate of drug-likeness (QED) is 0.327. The largest absolute Gasteiger partial charge is 0.350 e. The number of halogens is 2. The van der Waals surface area contributed by atoms with Crippen molar-refractivity contribution in [2.75, 3.05) is 31.3 Å². The molecule has 4 rings (SSSR count). The second kappa shape index (κ2) is 11.7. The lowest BCUT2D eigenvalue weighted by Gasteiger charge is -2.34. The molecule has 4 amide bonds. The highest BCUT2D eigenvalue weighted by Crippen LogP contribution is 2.42. The number of carbonyl (C=O) groups is 3. The monoisotopic (exact) mass is 579 g/mol. The van der Waals surface area contributed by atoms with Crippen LogP contribution >= 0.6 is 0 Å². The third-order valence-electron chi connectivity index (χ3n) is 7.23. The standard InChI is InChI=1S/C30H35F2N7O3/c1-7-24(40)33-21-15-13-20(14-16-21)30(31,32)27(41)35-26-22-17-39(29(2,3)25(22)38(6)36-26)28(42)34-23(18-37(4)5)19-11-9-8-10-12-19/h7-16,23H,1,17-18H2,2-6H3,(H,33,40)(H,34,42)(H,35,36,41)/t23-/m1/s1. The maximum absolute atomic E-state index is 15.2. The minimum Gasteiger partial charge on any atom is -0.330 e. The Hall–Kier alpha value is -4.58. The second-order valence-corrected chi connectivity index (χ2v) is 10.9. The van der Waals surface area contributed by atoms with E-state index in [2.05, 4.69) is 27.6 Å². The van der Waals surface area contributed by atoms with Crippen LogP contribution in [0.1, 0.15) is 42.3 Å². The number of hydrogen-bond donors (Lipinski definition) is 3. The Bertz CT molecular complexity index is 1480. The van der Waals surface area contributed by atoms with Crippen LogP contribution in [0, 0.1) is 0 Å². The molecule has 1 atom stereocenters. The molecule has 1 aliphatic heterocycles. The molecule has 1 aliphatic rings. The summed E-state index contributed by atoms with van der Waals surface area (Å²) < 4.78 is 31.9. The molecule has 0 aliphatic carbocycles. The van der Waals surface area contributed by atoms with Crippen LogP contribution < -0.4 is 16.0 Å².